The molecule has 0 amide bonds. The third kappa shape index (κ3) is 2.27. The maximum atomic E-state index is 13.0. The summed E-state index contributed by atoms with van der Waals surface area (Å²) >= 11 is 0. The van der Waals surface area contributed by atoms with Gasteiger partial charge in [0.2, 0.25) is 10.0 Å². The van der Waals surface area contributed by atoms with Crippen molar-refractivity contribution in [1.82, 2.24) is 4.31 Å². The number of methoxy groups -OCH3 is 1. The van der Waals surface area contributed by atoms with Gasteiger partial charge in [0.1, 0.15) is 5.75 Å². The normalized spacial score (nSPS) is 28.0. The van der Waals surface area contributed by atoms with Gasteiger partial charge >= 0.3 is 0 Å². The van der Waals surface area contributed by atoms with Crippen molar-refractivity contribution < 1.29 is 13.2 Å². The molecule has 2 aliphatic heterocycles. The van der Waals surface area contributed by atoms with E-state index in [0.717, 1.165) is 25.7 Å². The average molecular weight is 319 g/mol. The van der Waals surface area contributed by atoms with Crippen LogP contribution in [0.25, 0.3) is 0 Å². The van der Waals surface area contributed by atoms with Crippen LogP contribution in [-0.2, 0) is 10.0 Å². The van der Waals surface area contributed by atoms with Gasteiger partial charge in [-0.3, -0.25) is 0 Å². The number of piperidine rings is 1. The summed E-state index contributed by atoms with van der Waals surface area (Å²) in [6.07, 6.45) is 6.36. The lowest BCUT2D eigenvalue weighted by Crippen LogP contribution is -2.44. The van der Waals surface area contributed by atoms with Crippen LogP contribution in [0.5, 0.6) is 5.75 Å². The molecule has 4 nitrogen and oxygen atoms in total. The van der Waals surface area contributed by atoms with E-state index in [1.54, 1.807) is 46.8 Å². The average Bonchev–Trinajstić information content (AvgIpc) is 3.33. The van der Waals surface area contributed by atoms with Crippen LogP contribution < -0.4 is 4.74 Å². The van der Waals surface area contributed by atoms with Crippen LogP contribution in [0.4, 0.5) is 0 Å². The van der Waals surface area contributed by atoms with E-state index in [1.165, 1.54) is 12.8 Å². The van der Waals surface area contributed by atoms with E-state index in [9.17, 15) is 8.42 Å². The first-order chi connectivity index (χ1) is 10.6. The van der Waals surface area contributed by atoms with Crippen LogP contribution in [0.3, 0.4) is 0 Å². The predicted molar refractivity (Wildman–Crippen MR) is 84.3 cm³/mol. The summed E-state index contributed by atoms with van der Waals surface area (Å²) < 4.78 is 32.9. The Morgan fingerprint density at radius 2 is 1.59 bits per heavy atom. The Labute approximate surface area is 131 Å². The number of hydrogen-bond acceptors (Lipinski definition) is 3. The van der Waals surface area contributed by atoms with Gasteiger partial charge < -0.3 is 4.74 Å². The van der Waals surface area contributed by atoms with Gasteiger partial charge in [-0.15, -0.1) is 0 Å². The molecule has 3 fully saturated rings. The Kier molecular flexibility index (Phi) is 3.31. The third-order valence-electron chi connectivity index (χ3n) is 5.15. The Morgan fingerprint density at radius 1 is 1.00 bits per heavy atom. The molecule has 2 bridgehead atoms. The Morgan fingerprint density at radius 3 is 2.09 bits per heavy atom. The third-order valence-corrected chi connectivity index (χ3v) is 7.17. The van der Waals surface area contributed by atoms with Crippen molar-refractivity contribution in [2.75, 3.05) is 7.11 Å². The molecule has 22 heavy (non-hydrogen) atoms. The topological polar surface area (TPSA) is 46.6 Å². The van der Waals surface area contributed by atoms with Gasteiger partial charge in [-0.05, 0) is 62.8 Å². The highest BCUT2D eigenvalue weighted by Crippen LogP contribution is 2.46. The molecule has 0 radical (unpaired) electrons. The Hall–Kier alpha value is -1.33. The van der Waals surface area contributed by atoms with Gasteiger partial charge in [0.25, 0.3) is 0 Å². The second kappa shape index (κ2) is 5.10. The summed E-state index contributed by atoms with van der Waals surface area (Å²) in [5.41, 5.74) is 3.15. The van der Waals surface area contributed by atoms with Crippen molar-refractivity contribution in [1.29, 1.82) is 0 Å². The van der Waals surface area contributed by atoms with Crippen LogP contribution >= 0.6 is 0 Å². The molecule has 1 aromatic carbocycles. The Balaban J connectivity index is 1.64. The first kappa shape index (κ1) is 14.3. The van der Waals surface area contributed by atoms with E-state index in [2.05, 4.69) is 0 Å². The smallest absolute Gasteiger partial charge is 0.243 e. The summed E-state index contributed by atoms with van der Waals surface area (Å²) in [6, 6.07) is 7.07. The van der Waals surface area contributed by atoms with Gasteiger partial charge in [-0.1, -0.05) is 11.1 Å². The van der Waals surface area contributed by atoms with Crippen molar-refractivity contribution in [2.45, 2.75) is 55.5 Å². The maximum absolute atomic E-state index is 13.0. The molecule has 1 aliphatic carbocycles. The molecule has 2 atom stereocenters. The standard InChI is InChI=1S/C17H21NO3S/c1-21-16-6-8-17(9-7-16)22(19,20)18-14-4-5-15(18)11-13(10-14)12-2-3-12/h6-9,14-15H,2-5,10-11H2,1H3. The molecular weight excluding hydrogens is 298 g/mol. The molecule has 118 valence electrons. The quantitative estimate of drug-likeness (QED) is 0.804. The van der Waals surface area contributed by atoms with E-state index in [-0.39, 0.29) is 12.1 Å². The van der Waals surface area contributed by atoms with Crippen molar-refractivity contribution in [3.05, 3.63) is 35.4 Å². The minimum absolute atomic E-state index is 0.161. The van der Waals surface area contributed by atoms with Crippen molar-refractivity contribution in [2.24, 2.45) is 0 Å². The molecule has 0 N–H and O–H groups in total. The van der Waals surface area contributed by atoms with E-state index >= 15 is 0 Å². The molecule has 0 spiro atoms. The fraction of sp³-hybridized carbons (Fsp3) is 0.529. The summed E-state index contributed by atoms with van der Waals surface area (Å²) in [6.45, 7) is 0. The lowest BCUT2D eigenvalue weighted by atomic mass is 9.98. The number of fused-ring (bicyclic) bond motifs is 2. The maximum Gasteiger partial charge on any atom is 0.243 e. The van der Waals surface area contributed by atoms with Gasteiger partial charge in [0.05, 0.1) is 12.0 Å². The highest BCUT2D eigenvalue weighted by atomic mass is 32.2. The summed E-state index contributed by atoms with van der Waals surface area (Å²) in [5, 5.41) is 0. The highest BCUT2D eigenvalue weighted by molar-refractivity contribution is 7.89. The first-order valence-corrected chi connectivity index (χ1v) is 9.41. The lowest BCUT2D eigenvalue weighted by Gasteiger charge is -2.35. The zero-order valence-electron chi connectivity index (χ0n) is 12.8. The van der Waals surface area contributed by atoms with E-state index < -0.39 is 10.0 Å². The van der Waals surface area contributed by atoms with Crippen LogP contribution in [0.15, 0.2) is 40.3 Å². The van der Waals surface area contributed by atoms with Gasteiger partial charge in [-0.25, -0.2) is 8.42 Å². The fourth-order valence-electron chi connectivity index (χ4n) is 3.94. The van der Waals surface area contributed by atoms with Gasteiger partial charge in [-0.2, -0.15) is 4.31 Å². The van der Waals surface area contributed by atoms with Crippen LogP contribution in [0, 0.1) is 0 Å². The monoisotopic (exact) mass is 319 g/mol. The zero-order valence-corrected chi connectivity index (χ0v) is 13.6. The highest BCUT2D eigenvalue weighted by Gasteiger charge is 2.46. The number of allylic oxidation sites excluding steroid dienone is 1. The molecule has 2 saturated heterocycles. The summed E-state index contributed by atoms with van der Waals surface area (Å²) in [7, 11) is -1.81. The second-order valence-corrected chi connectivity index (χ2v) is 8.35. The largest absolute Gasteiger partial charge is 0.497 e. The SMILES string of the molecule is COc1ccc(S(=O)(=O)N2C3CCC2CC(=C2CC2)C3)cc1. The Bertz CT molecular complexity index is 699. The first-order valence-electron chi connectivity index (χ1n) is 7.97. The van der Waals surface area contributed by atoms with Crippen molar-refractivity contribution in [3.8, 4) is 5.75 Å². The second-order valence-electron chi connectivity index (χ2n) is 6.51. The number of benzene rings is 1. The molecule has 1 aromatic rings. The molecule has 4 rings (SSSR count). The molecule has 1 saturated carbocycles. The van der Waals surface area contributed by atoms with Crippen molar-refractivity contribution in [3.63, 3.8) is 0 Å². The molecule has 5 heteroatoms. The molecule has 3 aliphatic rings. The van der Waals surface area contributed by atoms with E-state index in [0.29, 0.717) is 10.6 Å². The van der Waals surface area contributed by atoms with Crippen LogP contribution in [-0.4, -0.2) is 31.9 Å². The van der Waals surface area contributed by atoms with Crippen LogP contribution in [0.2, 0.25) is 0 Å². The minimum Gasteiger partial charge on any atom is -0.497 e. The number of nitrogens with zero attached hydrogens (tertiary/aromatic N) is 1. The molecule has 0 aromatic heterocycles. The molecule has 2 unspecified atom stereocenters. The molecule has 2 heterocycles. The predicted octanol–water partition coefficient (Wildman–Crippen LogP) is 3.10. The summed E-state index contributed by atoms with van der Waals surface area (Å²) in [5.74, 6) is 0.682. The minimum atomic E-state index is -3.40. The lowest BCUT2D eigenvalue weighted by molar-refractivity contribution is 0.284. The summed E-state index contributed by atoms with van der Waals surface area (Å²) in [4.78, 5) is 0.382. The zero-order chi connectivity index (χ0) is 15.3. The van der Waals surface area contributed by atoms with E-state index in [4.69, 9.17) is 4.74 Å². The van der Waals surface area contributed by atoms with Crippen LogP contribution in [0.1, 0.15) is 38.5 Å². The van der Waals surface area contributed by atoms with Gasteiger partial charge in [0.15, 0.2) is 0 Å². The van der Waals surface area contributed by atoms with Gasteiger partial charge in [0, 0.05) is 12.1 Å². The van der Waals surface area contributed by atoms with E-state index in [1.807, 2.05) is 0 Å². The number of hydrogen-bond donors (Lipinski definition) is 0. The number of sulfonamides is 1. The number of rotatable bonds is 3. The number of ether oxygens (including phenoxy) is 1. The fourth-order valence-corrected chi connectivity index (χ4v) is 5.81. The van der Waals surface area contributed by atoms with Crippen molar-refractivity contribution >= 4 is 10.0 Å². The molecular formula is C17H21NO3S.